The van der Waals surface area contributed by atoms with Crippen LogP contribution in [-0.2, 0) is 11.2 Å². The molecule has 0 radical (unpaired) electrons. The first-order valence-electron chi connectivity index (χ1n) is 11.3. The number of hydrogen-bond donors (Lipinski definition) is 4. The zero-order chi connectivity index (χ0) is 21.6. The second-order valence-electron chi connectivity index (χ2n) is 7.84. The standard InChI is InChI=1S/C23H38N4O3.HI/c1-3-5-19(13-15-28)16-26-23(24-4-2)25-14-12-18-6-10-21(11-7-18)30-17-22(29)27-20-8-9-20;/h6-7,10-11,19-20,28H,3-5,8-9,12-17H2,1-2H3,(H,27,29)(H2,24,25,26);1H. The van der Waals surface area contributed by atoms with E-state index in [1.54, 1.807) is 0 Å². The molecule has 0 spiro atoms. The third kappa shape index (κ3) is 12.2. The molecule has 1 fully saturated rings. The molecule has 1 aromatic carbocycles. The van der Waals surface area contributed by atoms with Gasteiger partial charge in [0.05, 0.1) is 0 Å². The van der Waals surface area contributed by atoms with Gasteiger partial charge in [0.15, 0.2) is 12.6 Å². The van der Waals surface area contributed by atoms with E-state index in [0.717, 1.165) is 64.1 Å². The number of carbonyl (C=O) groups excluding carboxylic acids is 1. The van der Waals surface area contributed by atoms with Crippen molar-refractivity contribution < 1.29 is 14.6 Å². The quantitative estimate of drug-likeness (QED) is 0.164. The van der Waals surface area contributed by atoms with Crippen molar-refractivity contribution in [3.8, 4) is 5.75 Å². The predicted molar refractivity (Wildman–Crippen MR) is 136 cm³/mol. The second-order valence-corrected chi connectivity index (χ2v) is 7.84. The normalized spacial score (nSPS) is 14.4. The summed E-state index contributed by atoms with van der Waals surface area (Å²) in [6.45, 7) is 6.81. The average molecular weight is 546 g/mol. The van der Waals surface area contributed by atoms with Crippen molar-refractivity contribution in [1.82, 2.24) is 16.0 Å². The van der Waals surface area contributed by atoms with Crippen LogP contribution in [0.15, 0.2) is 29.3 Å². The van der Waals surface area contributed by atoms with E-state index in [1.807, 2.05) is 24.3 Å². The van der Waals surface area contributed by atoms with Crippen molar-refractivity contribution in [2.45, 2.75) is 58.4 Å². The number of ether oxygens (including phenoxy) is 1. The number of halogens is 1. The number of guanidine groups is 1. The number of aliphatic imine (C=N–C) groups is 1. The first kappa shape index (κ1) is 27.5. The van der Waals surface area contributed by atoms with E-state index in [2.05, 4.69) is 34.8 Å². The summed E-state index contributed by atoms with van der Waals surface area (Å²) in [5.74, 6) is 1.90. The van der Waals surface area contributed by atoms with Gasteiger partial charge in [-0.2, -0.15) is 0 Å². The molecule has 7 nitrogen and oxygen atoms in total. The molecule has 2 rings (SSSR count). The maximum absolute atomic E-state index is 11.7. The third-order valence-corrected chi connectivity index (χ3v) is 5.03. The number of nitrogens with one attached hydrogen (secondary N) is 3. The zero-order valence-electron chi connectivity index (χ0n) is 18.9. The molecule has 1 unspecified atom stereocenters. The van der Waals surface area contributed by atoms with Crippen LogP contribution in [0.3, 0.4) is 0 Å². The van der Waals surface area contributed by atoms with Crippen LogP contribution >= 0.6 is 24.0 Å². The summed E-state index contributed by atoms with van der Waals surface area (Å²) in [5.41, 5.74) is 1.19. The number of hydrogen-bond acceptors (Lipinski definition) is 4. The molecule has 0 aliphatic heterocycles. The predicted octanol–water partition coefficient (Wildman–Crippen LogP) is 2.86. The van der Waals surface area contributed by atoms with E-state index < -0.39 is 0 Å². The topological polar surface area (TPSA) is 95.0 Å². The summed E-state index contributed by atoms with van der Waals surface area (Å²) in [6.07, 6.45) is 6.01. The number of benzene rings is 1. The Morgan fingerprint density at radius 1 is 1.19 bits per heavy atom. The second kappa shape index (κ2) is 16.1. The van der Waals surface area contributed by atoms with Gasteiger partial charge in [-0.15, -0.1) is 24.0 Å². The van der Waals surface area contributed by atoms with Crippen molar-refractivity contribution in [1.29, 1.82) is 0 Å². The van der Waals surface area contributed by atoms with Gasteiger partial charge in [-0.3, -0.25) is 9.79 Å². The highest BCUT2D eigenvalue weighted by Crippen LogP contribution is 2.18. The largest absolute Gasteiger partial charge is 0.484 e. The van der Waals surface area contributed by atoms with Crippen molar-refractivity contribution in [3.05, 3.63) is 29.8 Å². The summed E-state index contributed by atoms with van der Waals surface area (Å²) in [6, 6.07) is 8.22. The fourth-order valence-electron chi connectivity index (χ4n) is 3.20. The molecule has 1 amide bonds. The summed E-state index contributed by atoms with van der Waals surface area (Å²) >= 11 is 0. The van der Waals surface area contributed by atoms with Crippen LogP contribution in [0.1, 0.15) is 51.5 Å². The van der Waals surface area contributed by atoms with E-state index in [0.29, 0.717) is 17.7 Å². The minimum Gasteiger partial charge on any atom is -0.484 e. The fraction of sp³-hybridized carbons (Fsp3) is 0.652. The lowest BCUT2D eigenvalue weighted by Crippen LogP contribution is -2.38. The molecule has 0 saturated heterocycles. The molecule has 31 heavy (non-hydrogen) atoms. The first-order valence-corrected chi connectivity index (χ1v) is 11.3. The Labute approximate surface area is 203 Å². The first-order chi connectivity index (χ1) is 14.6. The van der Waals surface area contributed by atoms with Gasteiger partial charge < -0.3 is 25.8 Å². The Hall–Kier alpha value is -1.55. The Bertz CT molecular complexity index is 645. The summed E-state index contributed by atoms with van der Waals surface area (Å²) < 4.78 is 5.55. The number of nitrogens with zero attached hydrogens (tertiary/aromatic N) is 1. The van der Waals surface area contributed by atoms with Crippen molar-refractivity contribution in [3.63, 3.8) is 0 Å². The maximum Gasteiger partial charge on any atom is 0.258 e. The molecule has 0 heterocycles. The van der Waals surface area contributed by atoms with Gasteiger partial charge in [-0.05, 0) is 62.6 Å². The van der Waals surface area contributed by atoms with Crippen molar-refractivity contribution >= 4 is 35.8 Å². The molecule has 1 aliphatic rings. The van der Waals surface area contributed by atoms with Gasteiger partial charge in [0, 0.05) is 32.3 Å². The molecule has 1 atom stereocenters. The van der Waals surface area contributed by atoms with E-state index >= 15 is 0 Å². The van der Waals surface area contributed by atoms with Gasteiger partial charge in [0.25, 0.3) is 5.91 Å². The highest BCUT2D eigenvalue weighted by molar-refractivity contribution is 14.0. The van der Waals surface area contributed by atoms with E-state index in [9.17, 15) is 9.90 Å². The molecule has 0 bridgehead atoms. The monoisotopic (exact) mass is 546 g/mol. The van der Waals surface area contributed by atoms with Crippen molar-refractivity contribution in [2.24, 2.45) is 10.9 Å². The van der Waals surface area contributed by atoms with E-state index in [4.69, 9.17) is 4.74 Å². The van der Waals surface area contributed by atoms with Crippen LogP contribution < -0.4 is 20.7 Å². The Balaban J connectivity index is 0.00000480. The van der Waals surface area contributed by atoms with E-state index in [-0.39, 0.29) is 43.1 Å². The lowest BCUT2D eigenvalue weighted by molar-refractivity contribution is -0.123. The van der Waals surface area contributed by atoms with Crippen LogP contribution in [0.4, 0.5) is 0 Å². The van der Waals surface area contributed by atoms with Crippen LogP contribution in [0.2, 0.25) is 0 Å². The SMILES string of the molecule is CCCC(CCO)CN=C(NCC)NCCc1ccc(OCC(=O)NC2CC2)cc1.I. The third-order valence-electron chi connectivity index (χ3n) is 5.03. The van der Waals surface area contributed by atoms with Gasteiger partial charge in [0.1, 0.15) is 5.75 Å². The zero-order valence-corrected chi connectivity index (χ0v) is 21.2. The van der Waals surface area contributed by atoms with Crippen LogP contribution in [0.5, 0.6) is 5.75 Å². The summed E-state index contributed by atoms with van der Waals surface area (Å²) in [5, 5.41) is 18.8. The molecule has 176 valence electrons. The number of aliphatic hydroxyl groups excluding tert-OH is 1. The van der Waals surface area contributed by atoms with Gasteiger partial charge in [-0.1, -0.05) is 25.5 Å². The fourth-order valence-corrected chi connectivity index (χ4v) is 3.20. The highest BCUT2D eigenvalue weighted by Gasteiger charge is 2.23. The Kier molecular flexibility index (Phi) is 14.3. The number of rotatable bonds is 14. The highest BCUT2D eigenvalue weighted by atomic mass is 127. The molecule has 1 aliphatic carbocycles. The Morgan fingerprint density at radius 3 is 2.55 bits per heavy atom. The van der Waals surface area contributed by atoms with Crippen molar-refractivity contribution in [2.75, 3.05) is 32.8 Å². The lowest BCUT2D eigenvalue weighted by atomic mass is 10.0. The molecule has 1 saturated carbocycles. The van der Waals surface area contributed by atoms with E-state index in [1.165, 1.54) is 5.56 Å². The molecule has 4 N–H and O–H groups in total. The summed E-state index contributed by atoms with van der Waals surface area (Å²) in [4.78, 5) is 16.4. The Morgan fingerprint density at radius 2 is 1.94 bits per heavy atom. The minimum absolute atomic E-state index is 0. The number of amides is 1. The van der Waals surface area contributed by atoms with Gasteiger partial charge >= 0.3 is 0 Å². The van der Waals surface area contributed by atoms with Gasteiger partial charge in [-0.25, -0.2) is 0 Å². The molecule has 8 heteroatoms. The smallest absolute Gasteiger partial charge is 0.258 e. The van der Waals surface area contributed by atoms with Crippen LogP contribution in [0, 0.1) is 5.92 Å². The van der Waals surface area contributed by atoms with Crippen LogP contribution in [-0.4, -0.2) is 55.9 Å². The number of aliphatic hydroxyl groups is 1. The molecular formula is C23H39IN4O3. The summed E-state index contributed by atoms with van der Waals surface area (Å²) in [7, 11) is 0. The number of carbonyl (C=O) groups is 1. The molecular weight excluding hydrogens is 507 g/mol. The van der Waals surface area contributed by atoms with Crippen LogP contribution in [0.25, 0.3) is 0 Å². The maximum atomic E-state index is 11.7. The molecule has 1 aromatic rings. The molecule has 0 aromatic heterocycles. The average Bonchev–Trinajstić information content (AvgIpc) is 3.55. The van der Waals surface area contributed by atoms with Gasteiger partial charge in [0.2, 0.25) is 0 Å². The lowest BCUT2D eigenvalue weighted by Gasteiger charge is -2.15. The minimum atomic E-state index is -0.0545.